The lowest BCUT2D eigenvalue weighted by Crippen LogP contribution is -2.51. The van der Waals surface area contributed by atoms with Crippen LogP contribution in [0.2, 0.25) is 0 Å². The molecule has 18 heavy (non-hydrogen) atoms. The minimum atomic E-state index is 0.150. The molecule has 2 fully saturated rings. The fourth-order valence-electron chi connectivity index (χ4n) is 3.28. The van der Waals surface area contributed by atoms with Crippen molar-refractivity contribution >= 4 is 5.91 Å². The standard InChI is InChI=1S/C14H20N2O2/c1-15-13(17)4-5-14(15)6-8-16(9-7-14)11-12-3-2-10-18-12/h2-3,10H,4-9,11H2,1H3. The summed E-state index contributed by atoms with van der Waals surface area (Å²) in [6.45, 7) is 3.00. The van der Waals surface area contributed by atoms with Crippen LogP contribution in [0, 0.1) is 0 Å². The van der Waals surface area contributed by atoms with Gasteiger partial charge in [0.1, 0.15) is 5.76 Å². The van der Waals surface area contributed by atoms with E-state index >= 15 is 0 Å². The van der Waals surface area contributed by atoms with Crippen LogP contribution in [0.3, 0.4) is 0 Å². The summed E-state index contributed by atoms with van der Waals surface area (Å²) >= 11 is 0. The Balaban J connectivity index is 1.60. The van der Waals surface area contributed by atoms with E-state index in [0.29, 0.717) is 5.91 Å². The van der Waals surface area contributed by atoms with Crippen molar-refractivity contribution in [3.05, 3.63) is 24.2 Å². The monoisotopic (exact) mass is 248 g/mol. The van der Waals surface area contributed by atoms with E-state index in [4.69, 9.17) is 4.42 Å². The first-order chi connectivity index (χ1) is 8.70. The van der Waals surface area contributed by atoms with Crippen molar-refractivity contribution in [1.29, 1.82) is 0 Å². The first kappa shape index (κ1) is 11.8. The Hall–Kier alpha value is -1.29. The first-order valence-electron chi connectivity index (χ1n) is 6.71. The van der Waals surface area contributed by atoms with Crippen molar-refractivity contribution < 1.29 is 9.21 Å². The second-order valence-electron chi connectivity index (χ2n) is 5.53. The summed E-state index contributed by atoms with van der Waals surface area (Å²) in [4.78, 5) is 16.1. The largest absolute Gasteiger partial charge is 0.468 e. The van der Waals surface area contributed by atoms with Crippen molar-refractivity contribution in [2.45, 2.75) is 37.8 Å². The maximum absolute atomic E-state index is 11.7. The third-order valence-corrected chi connectivity index (χ3v) is 4.64. The summed E-state index contributed by atoms with van der Waals surface area (Å²) in [5, 5.41) is 0. The van der Waals surface area contributed by atoms with Gasteiger partial charge in [0.2, 0.25) is 5.91 Å². The normalized spacial score (nSPS) is 24.1. The molecule has 0 aromatic carbocycles. The van der Waals surface area contributed by atoms with Gasteiger partial charge in [-0.05, 0) is 31.4 Å². The van der Waals surface area contributed by atoms with Gasteiger partial charge >= 0.3 is 0 Å². The zero-order valence-corrected chi connectivity index (χ0v) is 10.9. The van der Waals surface area contributed by atoms with E-state index in [1.165, 1.54) is 0 Å². The minimum absolute atomic E-state index is 0.150. The van der Waals surface area contributed by atoms with Crippen LogP contribution in [-0.2, 0) is 11.3 Å². The van der Waals surface area contributed by atoms with E-state index in [1.54, 1.807) is 6.26 Å². The van der Waals surface area contributed by atoms with Gasteiger partial charge in [0.15, 0.2) is 0 Å². The summed E-state index contributed by atoms with van der Waals surface area (Å²) in [6.07, 6.45) is 5.68. The van der Waals surface area contributed by atoms with Crippen molar-refractivity contribution in [3.8, 4) is 0 Å². The molecule has 0 saturated carbocycles. The van der Waals surface area contributed by atoms with Crippen LogP contribution in [0.5, 0.6) is 0 Å². The number of furan rings is 1. The minimum Gasteiger partial charge on any atom is -0.468 e. The molecule has 4 nitrogen and oxygen atoms in total. The molecule has 1 amide bonds. The van der Waals surface area contributed by atoms with Gasteiger partial charge in [-0.25, -0.2) is 0 Å². The Labute approximate surface area is 108 Å². The highest BCUT2D eigenvalue weighted by molar-refractivity contribution is 5.79. The van der Waals surface area contributed by atoms with Crippen molar-refractivity contribution in [2.24, 2.45) is 0 Å². The first-order valence-corrected chi connectivity index (χ1v) is 6.71. The highest BCUT2D eigenvalue weighted by Crippen LogP contribution is 2.38. The van der Waals surface area contributed by atoms with Gasteiger partial charge in [-0.15, -0.1) is 0 Å². The van der Waals surface area contributed by atoms with Crippen LogP contribution in [-0.4, -0.2) is 41.4 Å². The van der Waals surface area contributed by atoms with Gasteiger partial charge in [-0.3, -0.25) is 9.69 Å². The number of hydrogen-bond acceptors (Lipinski definition) is 3. The average Bonchev–Trinajstić information content (AvgIpc) is 2.98. The molecule has 2 saturated heterocycles. The molecule has 0 unspecified atom stereocenters. The number of amides is 1. The average molecular weight is 248 g/mol. The highest BCUT2D eigenvalue weighted by atomic mass is 16.3. The van der Waals surface area contributed by atoms with Gasteiger partial charge in [0, 0.05) is 32.1 Å². The summed E-state index contributed by atoms with van der Waals surface area (Å²) in [5.74, 6) is 1.34. The Morgan fingerprint density at radius 1 is 1.33 bits per heavy atom. The number of likely N-dealkylation sites (tertiary alicyclic amines) is 2. The lowest BCUT2D eigenvalue weighted by Gasteiger charge is -2.43. The second kappa shape index (κ2) is 4.43. The number of nitrogens with zero attached hydrogens (tertiary/aromatic N) is 2. The summed E-state index contributed by atoms with van der Waals surface area (Å²) in [7, 11) is 1.97. The fraction of sp³-hybridized carbons (Fsp3) is 0.643. The van der Waals surface area contributed by atoms with Gasteiger partial charge in [0.25, 0.3) is 0 Å². The van der Waals surface area contributed by atoms with Crippen LogP contribution in [0.4, 0.5) is 0 Å². The van der Waals surface area contributed by atoms with Crippen LogP contribution in [0.1, 0.15) is 31.4 Å². The van der Waals surface area contributed by atoms with E-state index in [2.05, 4.69) is 4.90 Å². The van der Waals surface area contributed by atoms with Gasteiger partial charge < -0.3 is 9.32 Å². The molecule has 1 aromatic rings. The molecular weight excluding hydrogens is 228 g/mol. The van der Waals surface area contributed by atoms with Crippen molar-refractivity contribution in [3.63, 3.8) is 0 Å². The van der Waals surface area contributed by atoms with E-state index in [-0.39, 0.29) is 5.54 Å². The number of carbonyl (C=O) groups excluding carboxylic acids is 1. The quantitative estimate of drug-likeness (QED) is 0.801. The number of rotatable bonds is 2. The Morgan fingerprint density at radius 2 is 2.11 bits per heavy atom. The third kappa shape index (κ3) is 1.94. The van der Waals surface area contributed by atoms with E-state index < -0.39 is 0 Å². The molecule has 98 valence electrons. The maximum Gasteiger partial charge on any atom is 0.222 e. The van der Waals surface area contributed by atoms with E-state index in [1.807, 2.05) is 24.1 Å². The van der Waals surface area contributed by atoms with E-state index in [0.717, 1.165) is 51.1 Å². The molecule has 0 aliphatic carbocycles. The lowest BCUT2D eigenvalue weighted by atomic mass is 9.85. The van der Waals surface area contributed by atoms with Gasteiger partial charge in [-0.2, -0.15) is 0 Å². The maximum atomic E-state index is 11.7. The molecule has 4 heteroatoms. The Morgan fingerprint density at radius 3 is 2.67 bits per heavy atom. The molecule has 3 heterocycles. The van der Waals surface area contributed by atoms with Crippen LogP contribution in [0.25, 0.3) is 0 Å². The van der Waals surface area contributed by atoms with Crippen molar-refractivity contribution in [2.75, 3.05) is 20.1 Å². The summed E-state index contributed by atoms with van der Waals surface area (Å²) in [5.41, 5.74) is 0.150. The molecular formula is C14H20N2O2. The Kier molecular flexibility index (Phi) is 2.90. The molecule has 2 aliphatic heterocycles. The van der Waals surface area contributed by atoms with Crippen molar-refractivity contribution in [1.82, 2.24) is 9.80 Å². The molecule has 0 bridgehead atoms. The molecule has 2 aliphatic rings. The summed E-state index contributed by atoms with van der Waals surface area (Å²) in [6, 6.07) is 3.96. The SMILES string of the molecule is CN1C(=O)CCC12CCN(Cc1ccco1)CC2. The predicted octanol–water partition coefficient (Wildman–Crippen LogP) is 1.87. The van der Waals surface area contributed by atoms with Crippen LogP contribution in [0.15, 0.2) is 22.8 Å². The Bertz CT molecular complexity index is 419. The number of piperidine rings is 1. The van der Waals surface area contributed by atoms with Crippen LogP contribution >= 0.6 is 0 Å². The highest BCUT2D eigenvalue weighted by Gasteiger charge is 2.44. The van der Waals surface area contributed by atoms with Gasteiger partial charge in [-0.1, -0.05) is 0 Å². The number of hydrogen-bond donors (Lipinski definition) is 0. The van der Waals surface area contributed by atoms with E-state index in [9.17, 15) is 4.79 Å². The summed E-state index contributed by atoms with van der Waals surface area (Å²) < 4.78 is 5.39. The van der Waals surface area contributed by atoms with Gasteiger partial charge in [0.05, 0.1) is 12.8 Å². The molecule has 0 N–H and O–H groups in total. The predicted molar refractivity (Wildman–Crippen MR) is 68.0 cm³/mol. The zero-order valence-electron chi connectivity index (χ0n) is 10.9. The molecule has 1 spiro atoms. The molecule has 0 atom stereocenters. The number of carbonyl (C=O) groups is 1. The fourth-order valence-corrected chi connectivity index (χ4v) is 3.28. The topological polar surface area (TPSA) is 36.7 Å². The second-order valence-corrected chi connectivity index (χ2v) is 5.53. The smallest absolute Gasteiger partial charge is 0.222 e. The third-order valence-electron chi connectivity index (χ3n) is 4.64. The molecule has 3 rings (SSSR count). The molecule has 0 radical (unpaired) electrons. The lowest BCUT2D eigenvalue weighted by molar-refractivity contribution is -0.130. The molecule has 1 aromatic heterocycles. The zero-order chi connectivity index (χ0) is 12.6. The van der Waals surface area contributed by atoms with Crippen LogP contribution < -0.4 is 0 Å².